The zero-order valence-corrected chi connectivity index (χ0v) is 12.1. The first-order valence-electron chi connectivity index (χ1n) is 7.32. The molecular weight excluding hydrogens is 258 g/mol. The lowest BCUT2D eigenvalue weighted by Gasteiger charge is -2.20. The molecule has 0 heterocycles. The van der Waals surface area contributed by atoms with Crippen molar-refractivity contribution in [3.8, 4) is 5.75 Å². The van der Waals surface area contributed by atoms with Crippen LogP contribution in [0.25, 0.3) is 10.8 Å². The Morgan fingerprint density at radius 3 is 2.33 bits per heavy atom. The molecule has 0 aliphatic carbocycles. The summed E-state index contributed by atoms with van der Waals surface area (Å²) in [4.78, 5) is 0. The van der Waals surface area contributed by atoms with Gasteiger partial charge in [0.15, 0.2) is 0 Å². The molecule has 0 fully saturated rings. The van der Waals surface area contributed by atoms with Crippen LogP contribution in [0, 0.1) is 0 Å². The smallest absolute Gasteiger partial charge is 0.123 e. The molecule has 0 aliphatic rings. The van der Waals surface area contributed by atoms with Crippen molar-refractivity contribution in [1.82, 2.24) is 0 Å². The van der Waals surface area contributed by atoms with Crippen LogP contribution in [0.2, 0.25) is 0 Å². The lowest BCUT2D eigenvalue weighted by Crippen LogP contribution is -2.09. The number of benzene rings is 3. The molecule has 0 saturated heterocycles. The van der Waals surface area contributed by atoms with Crippen LogP contribution >= 0.6 is 0 Å². The maximum absolute atomic E-state index is 9.98. The van der Waals surface area contributed by atoms with Crippen LogP contribution in [0.4, 0.5) is 5.69 Å². The standard InChI is InChI=1S/C19H19NO/c1-2-17(14-8-4-3-5-9-14)20-18-12-6-11-16-15(18)10-7-13-19(16)21/h3-13,17,20-21H,2H2,1H3. The summed E-state index contributed by atoms with van der Waals surface area (Å²) in [6.45, 7) is 2.17. The van der Waals surface area contributed by atoms with E-state index in [2.05, 4.69) is 42.6 Å². The van der Waals surface area contributed by atoms with Crippen molar-refractivity contribution in [1.29, 1.82) is 0 Å². The van der Waals surface area contributed by atoms with E-state index < -0.39 is 0 Å². The van der Waals surface area contributed by atoms with Crippen molar-refractivity contribution in [3.05, 3.63) is 72.3 Å². The highest BCUT2D eigenvalue weighted by Gasteiger charge is 2.11. The third kappa shape index (κ3) is 2.70. The maximum atomic E-state index is 9.98. The molecule has 1 unspecified atom stereocenters. The number of aromatic hydroxyl groups is 1. The van der Waals surface area contributed by atoms with Gasteiger partial charge >= 0.3 is 0 Å². The highest BCUT2D eigenvalue weighted by atomic mass is 16.3. The van der Waals surface area contributed by atoms with Crippen LogP contribution in [0.5, 0.6) is 5.75 Å². The maximum Gasteiger partial charge on any atom is 0.123 e. The SMILES string of the molecule is CCC(Nc1cccc2c(O)cccc12)c1ccccc1. The second-order valence-corrected chi connectivity index (χ2v) is 5.19. The Morgan fingerprint density at radius 1 is 0.857 bits per heavy atom. The van der Waals surface area contributed by atoms with E-state index in [1.54, 1.807) is 6.07 Å². The van der Waals surface area contributed by atoms with Crippen LogP contribution in [0.15, 0.2) is 66.7 Å². The highest BCUT2D eigenvalue weighted by Crippen LogP contribution is 2.32. The minimum atomic E-state index is 0.263. The van der Waals surface area contributed by atoms with Gasteiger partial charge in [-0.1, -0.05) is 61.5 Å². The Hall–Kier alpha value is -2.48. The summed E-state index contributed by atoms with van der Waals surface area (Å²) < 4.78 is 0. The van der Waals surface area contributed by atoms with Gasteiger partial charge in [0.2, 0.25) is 0 Å². The molecule has 2 nitrogen and oxygen atoms in total. The van der Waals surface area contributed by atoms with E-state index in [1.807, 2.05) is 30.3 Å². The van der Waals surface area contributed by atoms with Gasteiger partial charge in [-0.05, 0) is 24.1 Å². The van der Waals surface area contributed by atoms with Gasteiger partial charge in [-0.2, -0.15) is 0 Å². The predicted molar refractivity (Wildman–Crippen MR) is 88.7 cm³/mol. The fourth-order valence-electron chi connectivity index (χ4n) is 2.71. The van der Waals surface area contributed by atoms with Gasteiger partial charge in [0, 0.05) is 16.5 Å². The Balaban J connectivity index is 1.99. The first-order chi connectivity index (χ1) is 10.3. The van der Waals surface area contributed by atoms with Crippen molar-refractivity contribution in [2.75, 3.05) is 5.32 Å². The Bertz CT molecular complexity index is 737. The predicted octanol–water partition coefficient (Wildman–Crippen LogP) is 5.11. The van der Waals surface area contributed by atoms with Gasteiger partial charge in [0.1, 0.15) is 5.75 Å². The number of rotatable bonds is 4. The normalized spacial score (nSPS) is 12.2. The Morgan fingerprint density at radius 2 is 1.57 bits per heavy atom. The van der Waals surface area contributed by atoms with Crippen LogP contribution in [0.3, 0.4) is 0 Å². The zero-order chi connectivity index (χ0) is 14.7. The van der Waals surface area contributed by atoms with Gasteiger partial charge in [-0.25, -0.2) is 0 Å². The molecule has 106 valence electrons. The summed E-state index contributed by atoms with van der Waals surface area (Å²) in [5.74, 6) is 0.323. The Labute approximate surface area is 125 Å². The second kappa shape index (κ2) is 5.88. The molecule has 0 radical (unpaired) electrons. The van der Waals surface area contributed by atoms with Gasteiger partial charge in [-0.15, -0.1) is 0 Å². The first kappa shape index (κ1) is 13.5. The van der Waals surface area contributed by atoms with Crippen LogP contribution in [-0.2, 0) is 0 Å². The van der Waals surface area contributed by atoms with E-state index >= 15 is 0 Å². The molecule has 1 atom stereocenters. The summed E-state index contributed by atoms with van der Waals surface area (Å²) >= 11 is 0. The minimum absolute atomic E-state index is 0.263. The molecule has 21 heavy (non-hydrogen) atoms. The molecule has 3 aromatic carbocycles. The molecule has 0 spiro atoms. The van der Waals surface area contributed by atoms with E-state index in [1.165, 1.54) is 5.56 Å². The molecule has 3 aromatic rings. The van der Waals surface area contributed by atoms with Crippen LogP contribution in [-0.4, -0.2) is 5.11 Å². The summed E-state index contributed by atoms with van der Waals surface area (Å²) in [6, 6.07) is 22.3. The van der Waals surface area contributed by atoms with Crippen LogP contribution < -0.4 is 5.32 Å². The average molecular weight is 277 g/mol. The molecule has 0 aromatic heterocycles. The van der Waals surface area contributed by atoms with Crippen molar-refractivity contribution < 1.29 is 5.11 Å². The molecule has 0 bridgehead atoms. The largest absolute Gasteiger partial charge is 0.507 e. The molecule has 3 rings (SSSR count). The molecular formula is C19H19NO. The fraction of sp³-hybridized carbons (Fsp3) is 0.158. The topological polar surface area (TPSA) is 32.3 Å². The van der Waals surface area contributed by atoms with E-state index in [0.717, 1.165) is 22.9 Å². The number of fused-ring (bicyclic) bond motifs is 1. The fourth-order valence-corrected chi connectivity index (χ4v) is 2.71. The van der Waals surface area contributed by atoms with E-state index in [9.17, 15) is 5.11 Å². The molecule has 0 aliphatic heterocycles. The third-order valence-corrected chi connectivity index (χ3v) is 3.84. The molecule has 2 N–H and O–H groups in total. The third-order valence-electron chi connectivity index (χ3n) is 3.84. The number of hydrogen-bond donors (Lipinski definition) is 2. The van der Waals surface area contributed by atoms with Gasteiger partial charge < -0.3 is 10.4 Å². The lowest BCUT2D eigenvalue weighted by molar-refractivity contribution is 0.481. The minimum Gasteiger partial charge on any atom is -0.507 e. The van der Waals surface area contributed by atoms with Gasteiger partial charge in [0.25, 0.3) is 0 Å². The quantitative estimate of drug-likeness (QED) is 0.694. The zero-order valence-electron chi connectivity index (χ0n) is 12.1. The highest BCUT2D eigenvalue weighted by molar-refractivity contribution is 5.97. The number of phenolic OH excluding ortho intramolecular Hbond substituents is 1. The summed E-state index contributed by atoms with van der Waals surface area (Å²) in [6.07, 6.45) is 0.999. The van der Waals surface area contributed by atoms with Gasteiger partial charge in [0.05, 0.1) is 6.04 Å². The van der Waals surface area contributed by atoms with Crippen molar-refractivity contribution in [3.63, 3.8) is 0 Å². The van der Waals surface area contributed by atoms with Crippen LogP contribution in [0.1, 0.15) is 24.9 Å². The Kier molecular flexibility index (Phi) is 3.78. The number of phenols is 1. The summed E-state index contributed by atoms with van der Waals surface area (Å²) in [5.41, 5.74) is 2.33. The van der Waals surface area contributed by atoms with Crippen molar-refractivity contribution >= 4 is 16.5 Å². The van der Waals surface area contributed by atoms with E-state index in [-0.39, 0.29) is 6.04 Å². The number of hydrogen-bond acceptors (Lipinski definition) is 2. The molecule has 0 saturated carbocycles. The second-order valence-electron chi connectivity index (χ2n) is 5.19. The number of nitrogens with one attached hydrogen (secondary N) is 1. The van der Waals surface area contributed by atoms with Crippen molar-refractivity contribution in [2.45, 2.75) is 19.4 Å². The monoisotopic (exact) mass is 277 g/mol. The lowest BCUT2D eigenvalue weighted by atomic mass is 10.0. The van der Waals surface area contributed by atoms with E-state index in [4.69, 9.17) is 0 Å². The molecule has 0 amide bonds. The van der Waals surface area contributed by atoms with Crippen molar-refractivity contribution in [2.24, 2.45) is 0 Å². The van der Waals surface area contributed by atoms with Gasteiger partial charge in [-0.3, -0.25) is 0 Å². The summed E-state index contributed by atoms with van der Waals surface area (Å²) in [5, 5.41) is 15.5. The number of anilines is 1. The first-order valence-corrected chi connectivity index (χ1v) is 7.32. The average Bonchev–Trinajstić information content (AvgIpc) is 2.54. The molecule has 2 heteroatoms. The summed E-state index contributed by atoms with van der Waals surface area (Å²) in [7, 11) is 0. The van der Waals surface area contributed by atoms with E-state index in [0.29, 0.717) is 5.75 Å².